The Hall–Kier alpha value is -1.92. The first kappa shape index (κ1) is 20.4. The second-order valence-electron chi connectivity index (χ2n) is 8.88. The summed E-state index contributed by atoms with van der Waals surface area (Å²) in [5, 5.41) is 0. The third-order valence-corrected chi connectivity index (χ3v) is 6.32. The summed E-state index contributed by atoms with van der Waals surface area (Å²) in [7, 11) is 0. The van der Waals surface area contributed by atoms with Crippen LogP contribution in [0.5, 0.6) is 0 Å². The van der Waals surface area contributed by atoms with Gasteiger partial charge in [0, 0.05) is 38.4 Å². The number of nitrogens with zero attached hydrogens (tertiary/aromatic N) is 2. The Kier molecular flexibility index (Phi) is 6.20. The van der Waals surface area contributed by atoms with Crippen molar-refractivity contribution < 1.29 is 19.1 Å². The zero-order valence-electron chi connectivity index (χ0n) is 17.5. The molecular weight excluding hydrogens is 368 g/mol. The molecule has 0 aromatic heterocycles. The highest BCUT2D eigenvalue weighted by Crippen LogP contribution is 2.29. The highest BCUT2D eigenvalue weighted by molar-refractivity contribution is 5.88. The lowest BCUT2D eigenvalue weighted by Crippen LogP contribution is -2.55. The zero-order chi connectivity index (χ0) is 20.4. The maximum absolute atomic E-state index is 13.5. The highest BCUT2D eigenvalue weighted by Gasteiger charge is 2.39. The summed E-state index contributed by atoms with van der Waals surface area (Å²) in [6, 6.07) is 7.77. The van der Waals surface area contributed by atoms with Crippen LogP contribution >= 0.6 is 0 Å². The molecule has 4 rings (SSSR count). The van der Waals surface area contributed by atoms with E-state index in [0.717, 1.165) is 18.4 Å². The topological polar surface area (TPSA) is 59.1 Å². The Morgan fingerprint density at radius 2 is 1.72 bits per heavy atom. The molecule has 2 fully saturated rings. The summed E-state index contributed by atoms with van der Waals surface area (Å²) in [6.45, 7) is 7.36. The van der Waals surface area contributed by atoms with Crippen LogP contribution in [-0.4, -0.2) is 60.2 Å². The summed E-state index contributed by atoms with van der Waals surface area (Å²) < 4.78 is 11.3. The Morgan fingerprint density at radius 3 is 2.38 bits per heavy atom. The quantitative estimate of drug-likeness (QED) is 0.780. The molecule has 0 aliphatic carbocycles. The molecule has 1 aromatic rings. The van der Waals surface area contributed by atoms with Crippen LogP contribution < -0.4 is 0 Å². The lowest BCUT2D eigenvalue weighted by Gasteiger charge is -2.41. The molecule has 0 radical (unpaired) electrons. The summed E-state index contributed by atoms with van der Waals surface area (Å²) in [5.41, 5.74) is 2.34. The van der Waals surface area contributed by atoms with E-state index in [1.165, 1.54) is 5.56 Å². The molecule has 6 heteroatoms. The van der Waals surface area contributed by atoms with Crippen molar-refractivity contribution in [2.24, 2.45) is 11.8 Å². The average Bonchev–Trinajstić information content (AvgIpc) is 3.27. The van der Waals surface area contributed by atoms with Crippen molar-refractivity contribution in [1.29, 1.82) is 0 Å². The molecule has 158 valence electrons. The highest BCUT2D eigenvalue weighted by atomic mass is 16.7. The van der Waals surface area contributed by atoms with E-state index in [1.54, 1.807) is 0 Å². The van der Waals surface area contributed by atoms with Gasteiger partial charge < -0.3 is 19.3 Å². The van der Waals surface area contributed by atoms with Crippen molar-refractivity contribution in [3.8, 4) is 0 Å². The lowest BCUT2D eigenvalue weighted by molar-refractivity contribution is -0.150. The number of likely N-dealkylation sites (tertiary alicyclic amines) is 1. The molecule has 6 nitrogen and oxygen atoms in total. The maximum atomic E-state index is 13.5. The number of hydrogen-bond donors (Lipinski definition) is 0. The van der Waals surface area contributed by atoms with E-state index in [0.29, 0.717) is 51.6 Å². The first-order valence-electron chi connectivity index (χ1n) is 10.9. The van der Waals surface area contributed by atoms with Gasteiger partial charge in [0.2, 0.25) is 11.8 Å². The van der Waals surface area contributed by atoms with E-state index < -0.39 is 6.04 Å². The largest absolute Gasteiger partial charge is 0.350 e. The summed E-state index contributed by atoms with van der Waals surface area (Å²) in [4.78, 5) is 30.2. The molecule has 2 saturated heterocycles. The molecule has 1 unspecified atom stereocenters. The van der Waals surface area contributed by atoms with Crippen molar-refractivity contribution in [2.75, 3.05) is 26.3 Å². The fourth-order valence-corrected chi connectivity index (χ4v) is 4.72. The second-order valence-corrected chi connectivity index (χ2v) is 8.88. The van der Waals surface area contributed by atoms with Crippen LogP contribution in [0.25, 0.3) is 0 Å². The number of piperidine rings is 1. The van der Waals surface area contributed by atoms with Crippen molar-refractivity contribution in [3.63, 3.8) is 0 Å². The molecule has 1 atom stereocenters. The number of fused-ring (bicyclic) bond motifs is 1. The van der Waals surface area contributed by atoms with E-state index in [2.05, 4.69) is 12.1 Å². The van der Waals surface area contributed by atoms with Crippen LogP contribution in [0.2, 0.25) is 0 Å². The van der Waals surface area contributed by atoms with Crippen LogP contribution in [0.4, 0.5) is 0 Å². The van der Waals surface area contributed by atoms with Crippen LogP contribution in [0, 0.1) is 11.8 Å². The maximum Gasteiger partial charge on any atom is 0.245 e. The minimum atomic E-state index is -0.397. The molecule has 3 aliphatic rings. The number of rotatable bonds is 4. The summed E-state index contributed by atoms with van der Waals surface area (Å²) in [5.74, 6) is 0.795. The van der Waals surface area contributed by atoms with E-state index in [-0.39, 0.29) is 24.0 Å². The van der Waals surface area contributed by atoms with Gasteiger partial charge in [-0.1, -0.05) is 38.1 Å². The van der Waals surface area contributed by atoms with Gasteiger partial charge in [-0.25, -0.2) is 0 Å². The third-order valence-electron chi connectivity index (χ3n) is 6.32. The minimum absolute atomic E-state index is 0.0792. The predicted molar refractivity (Wildman–Crippen MR) is 109 cm³/mol. The molecule has 0 bridgehead atoms. The predicted octanol–water partition coefficient (Wildman–Crippen LogP) is 2.60. The van der Waals surface area contributed by atoms with E-state index >= 15 is 0 Å². The van der Waals surface area contributed by atoms with Crippen LogP contribution in [0.3, 0.4) is 0 Å². The van der Waals surface area contributed by atoms with Crippen molar-refractivity contribution >= 4 is 11.8 Å². The fraction of sp³-hybridized carbons (Fsp3) is 0.652. The molecule has 1 aromatic carbocycles. The fourth-order valence-electron chi connectivity index (χ4n) is 4.72. The normalized spacial score (nSPS) is 23.5. The molecule has 2 amide bonds. The van der Waals surface area contributed by atoms with Crippen molar-refractivity contribution in [1.82, 2.24) is 9.80 Å². The first-order chi connectivity index (χ1) is 14.0. The average molecular weight is 401 g/mol. The number of carbonyl (C=O) groups is 2. The monoisotopic (exact) mass is 400 g/mol. The van der Waals surface area contributed by atoms with Crippen LogP contribution in [0.1, 0.15) is 44.2 Å². The van der Waals surface area contributed by atoms with Crippen LogP contribution in [0.15, 0.2) is 24.3 Å². The van der Waals surface area contributed by atoms with Crippen molar-refractivity contribution in [3.05, 3.63) is 35.4 Å². The number of benzene rings is 1. The first-order valence-corrected chi connectivity index (χ1v) is 10.9. The third kappa shape index (κ3) is 4.48. The molecule has 0 spiro atoms. The Balaban J connectivity index is 1.46. The Morgan fingerprint density at radius 1 is 1.07 bits per heavy atom. The van der Waals surface area contributed by atoms with E-state index in [9.17, 15) is 9.59 Å². The van der Waals surface area contributed by atoms with Crippen LogP contribution in [-0.2, 0) is 32.0 Å². The van der Waals surface area contributed by atoms with E-state index in [1.807, 2.05) is 35.8 Å². The molecule has 29 heavy (non-hydrogen) atoms. The number of ether oxygens (including phenoxy) is 2. The summed E-state index contributed by atoms with van der Waals surface area (Å²) >= 11 is 0. The zero-order valence-corrected chi connectivity index (χ0v) is 17.5. The van der Waals surface area contributed by atoms with Gasteiger partial charge in [-0.05, 0) is 29.9 Å². The van der Waals surface area contributed by atoms with Gasteiger partial charge in [0.25, 0.3) is 0 Å². The Bertz CT molecular complexity index is 736. The SMILES string of the molecule is CC(C)CC(=O)N1Cc2ccccc2CC1C(=O)N1CCC(C2OCCO2)CC1. The minimum Gasteiger partial charge on any atom is -0.350 e. The van der Waals surface area contributed by atoms with Gasteiger partial charge in [0.15, 0.2) is 6.29 Å². The molecule has 0 saturated carbocycles. The van der Waals surface area contributed by atoms with Gasteiger partial charge in [0.1, 0.15) is 6.04 Å². The number of hydrogen-bond acceptors (Lipinski definition) is 4. The molecule has 3 aliphatic heterocycles. The van der Waals surface area contributed by atoms with Gasteiger partial charge in [-0.2, -0.15) is 0 Å². The smallest absolute Gasteiger partial charge is 0.245 e. The van der Waals surface area contributed by atoms with Gasteiger partial charge in [0.05, 0.1) is 13.2 Å². The van der Waals surface area contributed by atoms with Gasteiger partial charge in [-0.3, -0.25) is 9.59 Å². The number of carbonyl (C=O) groups excluding carboxylic acids is 2. The lowest BCUT2D eigenvalue weighted by atomic mass is 9.91. The van der Waals surface area contributed by atoms with Crippen molar-refractivity contribution in [2.45, 2.75) is 58.4 Å². The number of amides is 2. The van der Waals surface area contributed by atoms with Gasteiger partial charge in [-0.15, -0.1) is 0 Å². The van der Waals surface area contributed by atoms with E-state index in [4.69, 9.17) is 9.47 Å². The second kappa shape index (κ2) is 8.84. The van der Waals surface area contributed by atoms with Gasteiger partial charge >= 0.3 is 0 Å². The summed E-state index contributed by atoms with van der Waals surface area (Å²) in [6.07, 6.45) is 2.75. The molecular formula is C23H32N2O4. The standard InChI is InChI=1S/C23H32N2O4/c1-16(2)13-21(26)25-15-19-6-4-3-5-18(19)14-20(25)22(27)24-9-7-17(8-10-24)23-28-11-12-29-23/h3-6,16-17,20,23H,7-15H2,1-2H3. The Labute approximate surface area is 173 Å². The molecule has 3 heterocycles. The molecule has 0 N–H and O–H groups in total.